The Kier molecular flexibility index (Phi) is 5.98. The SMILES string of the molecule is CC1C=C(n2c3ccc(-c4ccc(C#N)cc4-n4c5ccccc5c5ccccc54)cc3c3ccc4sc5ccccc5c4c32)CCC1. The number of nitrogens with zero attached hydrogens (tertiary/aromatic N) is 3. The Morgan fingerprint density at radius 2 is 1.40 bits per heavy atom. The number of aromatic nitrogens is 2. The van der Waals surface area contributed by atoms with E-state index in [1.807, 2.05) is 17.4 Å². The van der Waals surface area contributed by atoms with E-state index in [2.05, 4.69) is 143 Å². The quantitative estimate of drug-likeness (QED) is 0.191. The molecule has 0 saturated heterocycles. The van der Waals surface area contributed by atoms with Crippen LogP contribution in [0.1, 0.15) is 31.7 Å². The van der Waals surface area contributed by atoms with Crippen LogP contribution in [0.2, 0.25) is 0 Å². The molecule has 0 bridgehead atoms. The first-order valence-corrected chi connectivity index (χ1v) is 17.6. The maximum atomic E-state index is 10.0. The van der Waals surface area contributed by atoms with Gasteiger partial charge in [-0.1, -0.05) is 85.8 Å². The van der Waals surface area contributed by atoms with Gasteiger partial charge in [0, 0.05) is 53.0 Å². The van der Waals surface area contributed by atoms with Crippen LogP contribution < -0.4 is 0 Å². The lowest BCUT2D eigenvalue weighted by molar-refractivity contribution is 0.584. The molecule has 9 aromatic rings. The van der Waals surface area contributed by atoms with Crippen molar-refractivity contribution in [1.29, 1.82) is 5.26 Å². The zero-order valence-corrected chi connectivity index (χ0v) is 27.4. The number of fused-ring (bicyclic) bond motifs is 10. The minimum atomic E-state index is 0.561. The molecule has 3 heterocycles. The Labute approximate surface area is 282 Å². The van der Waals surface area contributed by atoms with E-state index < -0.39 is 0 Å². The molecule has 1 aliphatic carbocycles. The summed E-state index contributed by atoms with van der Waals surface area (Å²) in [6.45, 7) is 2.35. The highest BCUT2D eigenvalue weighted by Gasteiger charge is 2.22. The molecule has 48 heavy (non-hydrogen) atoms. The van der Waals surface area contributed by atoms with E-state index in [9.17, 15) is 5.26 Å². The summed E-state index contributed by atoms with van der Waals surface area (Å²) in [5.41, 5.74) is 10.2. The zero-order chi connectivity index (χ0) is 31.9. The molecule has 10 rings (SSSR count). The minimum absolute atomic E-state index is 0.561. The standard InChI is InChI=1S/C44H31N3S/c1-27-9-8-10-30(23-27)46-39-21-18-29(25-36(39)34-20-22-42-43(44(34)46)35-13-4-7-16-41(35)48-42)31-19-17-28(26-45)24-40(31)47-37-14-5-2-11-32(37)33-12-3-6-15-38(33)47/h2-7,11-25,27H,8-10H2,1H3. The Hall–Kier alpha value is -5.63. The maximum Gasteiger partial charge on any atom is 0.0992 e. The third-order valence-electron chi connectivity index (χ3n) is 10.4. The lowest BCUT2D eigenvalue weighted by atomic mass is 9.95. The molecule has 228 valence electrons. The largest absolute Gasteiger partial charge is 0.313 e. The van der Waals surface area contributed by atoms with Crippen LogP contribution in [0.5, 0.6) is 0 Å². The average Bonchev–Trinajstić information content (AvgIpc) is 3.78. The summed E-state index contributed by atoms with van der Waals surface area (Å²) in [7, 11) is 0. The van der Waals surface area contributed by atoms with Crippen molar-refractivity contribution in [2.24, 2.45) is 5.92 Å². The normalized spacial score (nSPS) is 15.2. The van der Waals surface area contributed by atoms with Crippen molar-refractivity contribution in [2.75, 3.05) is 0 Å². The van der Waals surface area contributed by atoms with E-state index in [0.29, 0.717) is 11.5 Å². The topological polar surface area (TPSA) is 33.6 Å². The first kappa shape index (κ1) is 27.5. The third-order valence-corrected chi connectivity index (χ3v) is 11.5. The first-order chi connectivity index (χ1) is 23.7. The van der Waals surface area contributed by atoms with Crippen LogP contribution in [0.25, 0.3) is 86.3 Å². The molecule has 1 aliphatic rings. The van der Waals surface area contributed by atoms with Crippen LogP contribution in [0.4, 0.5) is 0 Å². The summed E-state index contributed by atoms with van der Waals surface area (Å²) in [6.07, 6.45) is 6.04. The number of hydrogen-bond donors (Lipinski definition) is 0. The number of thiophene rings is 1. The molecule has 0 amide bonds. The monoisotopic (exact) mass is 633 g/mol. The van der Waals surface area contributed by atoms with E-state index >= 15 is 0 Å². The van der Waals surface area contributed by atoms with Crippen molar-refractivity contribution < 1.29 is 0 Å². The van der Waals surface area contributed by atoms with Crippen LogP contribution in [0, 0.1) is 17.2 Å². The van der Waals surface area contributed by atoms with E-state index in [-0.39, 0.29) is 0 Å². The van der Waals surface area contributed by atoms with Crippen LogP contribution in [0.15, 0.2) is 127 Å². The van der Waals surface area contributed by atoms with Gasteiger partial charge in [0.2, 0.25) is 0 Å². The van der Waals surface area contributed by atoms with Gasteiger partial charge in [0.05, 0.1) is 39.4 Å². The van der Waals surface area contributed by atoms with E-state index in [0.717, 1.165) is 34.3 Å². The Balaban J connectivity index is 1.30. The molecule has 1 unspecified atom stereocenters. The number of para-hydroxylation sites is 2. The molecule has 6 aromatic carbocycles. The van der Waals surface area contributed by atoms with E-state index in [1.54, 1.807) is 0 Å². The average molecular weight is 634 g/mol. The molecule has 0 radical (unpaired) electrons. The Morgan fingerprint density at radius 3 is 2.17 bits per heavy atom. The van der Waals surface area contributed by atoms with Crippen molar-refractivity contribution in [3.63, 3.8) is 0 Å². The molecule has 0 spiro atoms. The molecule has 0 aliphatic heterocycles. The Morgan fingerprint density at radius 1 is 0.667 bits per heavy atom. The third kappa shape index (κ3) is 3.92. The molecule has 0 saturated carbocycles. The van der Waals surface area contributed by atoms with Crippen molar-refractivity contribution in [3.8, 4) is 22.9 Å². The molecule has 1 atom stereocenters. The predicted octanol–water partition coefficient (Wildman–Crippen LogP) is 12.5. The molecule has 4 heteroatoms. The van der Waals surface area contributed by atoms with Gasteiger partial charge in [-0.15, -0.1) is 11.3 Å². The van der Waals surface area contributed by atoms with Gasteiger partial charge in [-0.2, -0.15) is 5.26 Å². The number of nitriles is 1. The highest BCUT2D eigenvalue weighted by atomic mass is 32.1. The fraction of sp³-hybridized carbons (Fsp3) is 0.114. The first-order valence-electron chi connectivity index (χ1n) is 16.8. The van der Waals surface area contributed by atoms with Crippen LogP contribution in [-0.2, 0) is 0 Å². The van der Waals surface area contributed by atoms with Gasteiger partial charge in [-0.3, -0.25) is 0 Å². The molecule has 0 fully saturated rings. The van der Waals surface area contributed by atoms with E-state index in [1.165, 1.54) is 71.3 Å². The fourth-order valence-electron chi connectivity index (χ4n) is 8.28. The van der Waals surface area contributed by atoms with Gasteiger partial charge in [0.25, 0.3) is 0 Å². The van der Waals surface area contributed by atoms with Gasteiger partial charge in [-0.25, -0.2) is 0 Å². The number of benzene rings is 6. The molecule has 0 N–H and O–H groups in total. The van der Waals surface area contributed by atoms with Gasteiger partial charge in [0.1, 0.15) is 0 Å². The number of allylic oxidation sites excluding steroid dienone is 2. The highest BCUT2D eigenvalue weighted by Crippen LogP contribution is 2.45. The smallest absolute Gasteiger partial charge is 0.0992 e. The lowest BCUT2D eigenvalue weighted by Gasteiger charge is -2.21. The summed E-state index contributed by atoms with van der Waals surface area (Å²) in [5, 5.41) is 17.7. The van der Waals surface area contributed by atoms with Crippen LogP contribution in [0.3, 0.4) is 0 Å². The van der Waals surface area contributed by atoms with Gasteiger partial charge in [-0.05, 0) is 79.3 Å². The van der Waals surface area contributed by atoms with Crippen molar-refractivity contribution >= 4 is 80.8 Å². The zero-order valence-electron chi connectivity index (χ0n) is 26.6. The summed E-state index contributed by atoms with van der Waals surface area (Å²) in [4.78, 5) is 0. The second-order valence-electron chi connectivity index (χ2n) is 13.2. The second kappa shape index (κ2) is 10.4. The predicted molar refractivity (Wildman–Crippen MR) is 204 cm³/mol. The van der Waals surface area contributed by atoms with Crippen LogP contribution in [-0.4, -0.2) is 9.13 Å². The molecule has 3 aromatic heterocycles. The maximum absolute atomic E-state index is 10.0. The number of rotatable bonds is 3. The van der Waals surface area contributed by atoms with Gasteiger partial charge in [0.15, 0.2) is 0 Å². The fourth-order valence-corrected chi connectivity index (χ4v) is 9.39. The summed E-state index contributed by atoms with van der Waals surface area (Å²) in [5.74, 6) is 0.561. The summed E-state index contributed by atoms with van der Waals surface area (Å²) < 4.78 is 7.58. The van der Waals surface area contributed by atoms with E-state index in [4.69, 9.17) is 0 Å². The minimum Gasteiger partial charge on any atom is -0.313 e. The van der Waals surface area contributed by atoms with Crippen molar-refractivity contribution in [1.82, 2.24) is 9.13 Å². The molecular formula is C44H31N3S. The lowest BCUT2D eigenvalue weighted by Crippen LogP contribution is -2.06. The van der Waals surface area contributed by atoms with Crippen molar-refractivity contribution in [3.05, 3.63) is 133 Å². The summed E-state index contributed by atoms with van der Waals surface area (Å²) >= 11 is 1.89. The van der Waals surface area contributed by atoms with Crippen molar-refractivity contribution in [2.45, 2.75) is 26.2 Å². The highest BCUT2D eigenvalue weighted by molar-refractivity contribution is 7.26. The molecule has 3 nitrogen and oxygen atoms in total. The van der Waals surface area contributed by atoms with Gasteiger partial charge < -0.3 is 9.13 Å². The molecular weight excluding hydrogens is 603 g/mol. The van der Waals surface area contributed by atoms with Crippen LogP contribution >= 0.6 is 11.3 Å². The second-order valence-corrected chi connectivity index (χ2v) is 14.3. The Bertz CT molecular complexity index is 2800. The number of hydrogen-bond acceptors (Lipinski definition) is 2. The summed E-state index contributed by atoms with van der Waals surface area (Å²) in [6, 6.07) is 46.2. The van der Waals surface area contributed by atoms with Gasteiger partial charge >= 0.3 is 0 Å².